The van der Waals surface area contributed by atoms with Crippen LogP contribution in [-0.2, 0) is 16.4 Å². The van der Waals surface area contributed by atoms with Gasteiger partial charge in [0.2, 0.25) is 10.0 Å². The molecule has 0 amide bonds. The molecule has 0 spiro atoms. The van der Waals surface area contributed by atoms with Gasteiger partial charge >= 0.3 is 0 Å². The van der Waals surface area contributed by atoms with E-state index < -0.39 is 10.0 Å². The van der Waals surface area contributed by atoms with Crippen molar-refractivity contribution in [2.24, 2.45) is 5.73 Å². The van der Waals surface area contributed by atoms with E-state index >= 15 is 0 Å². The van der Waals surface area contributed by atoms with E-state index in [2.05, 4.69) is 4.72 Å². The van der Waals surface area contributed by atoms with Gasteiger partial charge in [0.05, 0.1) is 17.4 Å². The Kier molecular flexibility index (Phi) is 4.43. The smallest absolute Gasteiger partial charge is 0.240 e. The van der Waals surface area contributed by atoms with Crippen molar-refractivity contribution >= 4 is 10.0 Å². The summed E-state index contributed by atoms with van der Waals surface area (Å²) in [5.74, 6) is 0. The lowest BCUT2D eigenvalue weighted by atomic mass is 10.2. The standard InChI is InChI=1S/C10H13N3O2S/c11-6-5-9-1-3-10(4-2-9)16(14,15)13-8-7-12/h1-4,13H,5,7-8,12H2. The average molecular weight is 239 g/mol. The number of nitrogens with zero attached hydrogens (tertiary/aromatic N) is 1. The van der Waals surface area contributed by atoms with E-state index in [9.17, 15) is 8.42 Å². The molecule has 5 nitrogen and oxygen atoms in total. The summed E-state index contributed by atoms with van der Waals surface area (Å²) >= 11 is 0. The van der Waals surface area contributed by atoms with Crippen molar-refractivity contribution < 1.29 is 8.42 Å². The molecule has 0 radical (unpaired) electrons. The quantitative estimate of drug-likeness (QED) is 0.755. The van der Waals surface area contributed by atoms with E-state index in [-0.39, 0.29) is 24.4 Å². The Morgan fingerprint density at radius 1 is 1.31 bits per heavy atom. The van der Waals surface area contributed by atoms with Gasteiger partial charge in [0, 0.05) is 13.1 Å². The Morgan fingerprint density at radius 2 is 1.94 bits per heavy atom. The van der Waals surface area contributed by atoms with Gasteiger partial charge in [-0.2, -0.15) is 5.26 Å². The molecule has 0 heterocycles. The van der Waals surface area contributed by atoms with Crippen LogP contribution in [-0.4, -0.2) is 21.5 Å². The van der Waals surface area contributed by atoms with Gasteiger partial charge in [0.25, 0.3) is 0 Å². The highest BCUT2D eigenvalue weighted by atomic mass is 32.2. The molecule has 0 bridgehead atoms. The lowest BCUT2D eigenvalue weighted by molar-refractivity contribution is 0.582. The SMILES string of the molecule is N#CCc1ccc(S(=O)(=O)NCCN)cc1. The Bertz CT molecular complexity index is 474. The summed E-state index contributed by atoms with van der Waals surface area (Å²) in [4.78, 5) is 0.183. The topological polar surface area (TPSA) is 96.0 Å². The number of hydrogen-bond donors (Lipinski definition) is 2. The lowest BCUT2D eigenvalue weighted by Gasteiger charge is -2.05. The monoisotopic (exact) mass is 239 g/mol. The van der Waals surface area contributed by atoms with Gasteiger partial charge in [-0.1, -0.05) is 12.1 Å². The van der Waals surface area contributed by atoms with E-state index in [1.54, 1.807) is 12.1 Å². The highest BCUT2D eigenvalue weighted by Gasteiger charge is 2.12. The zero-order valence-corrected chi connectivity index (χ0v) is 9.50. The summed E-state index contributed by atoms with van der Waals surface area (Å²) in [6.07, 6.45) is 0.274. The second-order valence-corrected chi connectivity index (χ2v) is 4.93. The van der Waals surface area contributed by atoms with Crippen molar-refractivity contribution in [3.63, 3.8) is 0 Å². The number of sulfonamides is 1. The summed E-state index contributed by atoms with van der Waals surface area (Å²) in [6, 6.07) is 8.20. The first-order chi connectivity index (χ1) is 7.60. The summed E-state index contributed by atoms with van der Waals surface area (Å²) in [5, 5.41) is 8.47. The van der Waals surface area contributed by atoms with E-state index in [1.807, 2.05) is 6.07 Å². The maximum absolute atomic E-state index is 11.6. The molecule has 1 aromatic rings. The Labute approximate surface area is 94.9 Å². The third kappa shape index (κ3) is 3.31. The minimum Gasteiger partial charge on any atom is -0.329 e. The first-order valence-electron chi connectivity index (χ1n) is 4.76. The van der Waals surface area contributed by atoms with Gasteiger partial charge < -0.3 is 5.73 Å². The van der Waals surface area contributed by atoms with Crippen LogP contribution in [0.2, 0.25) is 0 Å². The van der Waals surface area contributed by atoms with Crippen LogP contribution in [0, 0.1) is 11.3 Å². The number of nitrogens with two attached hydrogens (primary N) is 1. The molecular formula is C10H13N3O2S. The van der Waals surface area contributed by atoms with Crippen molar-refractivity contribution in [2.45, 2.75) is 11.3 Å². The van der Waals surface area contributed by atoms with E-state index in [1.165, 1.54) is 12.1 Å². The van der Waals surface area contributed by atoms with E-state index in [0.717, 1.165) is 5.56 Å². The number of rotatable bonds is 5. The Morgan fingerprint density at radius 3 is 2.44 bits per heavy atom. The minimum atomic E-state index is -3.47. The largest absolute Gasteiger partial charge is 0.329 e. The number of nitriles is 1. The molecule has 0 aliphatic rings. The van der Waals surface area contributed by atoms with Crippen molar-refractivity contribution in [2.75, 3.05) is 13.1 Å². The van der Waals surface area contributed by atoms with Crippen LogP contribution in [0.25, 0.3) is 0 Å². The average Bonchev–Trinajstić information content (AvgIpc) is 2.28. The Balaban J connectivity index is 2.85. The molecule has 0 atom stereocenters. The molecule has 0 aliphatic heterocycles. The van der Waals surface area contributed by atoms with Crippen LogP contribution in [0.5, 0.6) is 0 Å². The van der Waals surface area contributed by atoms with Crippen LogP contribution >= 0.6 is 0 Å². The molecule has 0 saturated heterocycles. The fourth-order valence-electron chi connectivity index (χ4n) is 1.15. The van der Waals surface area contributed by atoms with E-state index in [4.69, 9.17) is 11.0 Å². The normalized spacial score (nSPS) is 11.0. The van der Waals surface area contributed by atoms with Crippen LogP contribution < -0.4 is 10.5 Å². The van der Waals surface area contributed by atoms with Crippen LogP contribution in [0.1, 0.15) is 5.56 Å². The van der Waals surface area contributed by atoms with Gasteiger partial charge in [-0.3, -0.25) is 0 Å². The minimum absolute atomic E-state index is 0.183. The molecule has 3 N–H and O–H groups in total. The van der Waals surface area contributed by atoms with Gasteiger partial charge in [0.15, 0.2) is 0 Å². The highest BCUT2D eigenvalue weighted by Crippen LogP contribution is 2.10. The molecule has 0 aromatic heterocycles. The van der Waals surface area contributed by atoms with Crippen LogP contribution in [0.15, 0.2) is 29.2 Å². The number of nitrogens with one attached hydrogen (secondary N) is 1. The van der Waals surface area contributed by atoms with Crippen molar-refractivity contribution in [1.29, 1.82) is 5.26 Å². The fourth-order valence-corrected chi connectivity index (χ4v) is 2.20. The molecule has 0 fully saturated rings. The second kappa shape index (κ2) is 5.61. The van der Waals surface area contributed by atoms with Crippen LogP contribution in [0.4, 0.5) is 0 Å². The number of benzene rings is 1. The lowest BCUT2D eigenvalue weighted by Crippen LogP contribution is -2.29. The van der Waals surface area contributed by atoms with Crippen LogP contribution in [0.3, 0.4) is 0 Å². The zero-order chi connectivity index (χ0) is 12.0. The molecule has 6 heteroatoms. The van der Waals surface area contributed by atoms with Gasteiger partial charge in [-0.25, -0.2) is 13.1 Å². The molecular weight excluding hydrogens is 226 g/mol. The fraction of sp³-hybridized carbons (Fsp3) is 0.300. The molecule has 1 aromatic carbocycles. The molecule has 0 aliphatic carbocycles. The maximum Gasteiger partial charge on any atom is 0.240 e. The highest BCUT2D eigenvalue weighted by molar-refractivity contribution is 7.89. The third-order valence-corrected chi connectivity index (χ3v) is 3.43. The first-order valence-corrected chi connectivity index (χ1v) is 6.24. The first kappa shape index (κ1) is 12.6. The molecule has 0 unspecified atom stereocenters. The Hall–Kier alpha value is -1.42. The van der Waals surface area contributed by atoms with Crippen molar-refractivity contribution in [1.82, 2.24) is 4.72 Å². The number of hydrogen-bond acceptors (Lipinski definition) is 4. The van der Waals surface area contributed by atoms with E-state index in [0.29, 0.717) is 0 Å². The summed E-state index contributed by atoms with van der Waals surface area (Å²) in [5.41, 5.74) is 6.01. The predicted octanol–water partition coefficient (Wildman–Crippen LogP) is -0.0103. The van der Waals surface area contributed by atoms with Gasteiger partial charge in [-0.15, -0.1) is 0 Å². The van der Waals surface area contributed by atoms with Crippen molar-refractivity contribution in [3.8, 4) is 6.07 Å². The molecule has 0 saturated carbocycles. The van der Waals surface area contributed by atoms with Crippen molar-refractivity contribution in [3.05, 3.63) is 29.8 Å². The molecule has 1 rings (SSSR count). The van der Waals surface area contributed by atoms with Gasteiger partial charge in [-0.05, 0) is 17.7 Å². The summed E-state index contributed by atoms with van der Waals surface area (Å²) in [7, 11) is -3.47. The maximum atomic E-state index is 11.6. The summed E-state index contributed by atoms with van der Waals surface area (Å²) < 4.78 is 25.6. The molecule has 16 heavy (non-hydrogen) atoms. The predicted molar refractivity (Wildman–Crippen MR) is 60.0 cm³/mol. The molecule has 86 valence electrons. The van der Waals surface area contributed by atoms with Gasteiger partial charge in [0.1, 0.15) is 0 Å². The summed E-state index contributed by atoms with van der Waals surface area (Å²) in [6.45, 7) is 0.466. The zero-order valence-electron chi connectivity index (χ0n) is 8.68. The second-order valence-electron chi connectivity index (χ2n) is 3.17. The third-order valence-electron chi connectivity index (χ3n) is 1.95.